The second-order valence-corrected chi connectivity index (χ2v) is 11.0. The third-order valence-corrected chi connectivity index (χ3v) is 7.65. The van der Waals surface area contributed by atoms with Crippen molar-refractivity contribution in [3.63, 3.8) is 0 Å². The molecule has 3 aromatic carbocycles. The molecule has 0 atom stereocenters. The van der Waals surface area contributed by atoms with Crippen molar-refractivity contribution < 1.29 is 116 Å². The Balaban J connectivity index is 0.00000420. The van der Waals surface area contributed by atoms with Gasteiger partial charge in [0.2, 0.25) is 5.91 Å². The van der Waals surface area contributed by atoms with E-state index in [1.54, 1.807) is 25.1 Å². The Bertz CT molecular complexity index is 1450. The summed E-state index contributed by atoms with van der Waals surface area (Å²) in [6.45, 7) is 2.74. The zero-order valence-corrected chi connectivity index (χ0v) is 28.5. The van der Waals surface area contributed by atoms with Gasteiger partial charge in [-0.25, -0.2) is 8.42 Å². The van der Waals surface area contributed by atoms with E-state index in [1.165, 1.54) is 6.92 Å². The molecule has 0 aromatic heterocycles. The van der Waals surface area contributed by atoms with Crippen molar-refractivity contribution in [3.05, 3.63) is 42.0 Å². The first kappa shape index (κ1) is 38.0. The third kappa shape index (κ3) is 10.6. The van der Waals surface area contributed by atoms with Crippen molar-refractivity contribution in [1.82, 2.24) is 0 Å². The normalized spacial score (nSPS) is 10.9. The molecule has 0 bridgehead atoms. The molecule has 41 heavy (non-hydrogen) atoms. The van der Waals surface area contributed by atoms with Crippen molar-refractivity contribution in [3.8, 4) is 11.5 Å². The predicted molar refractivity (Wildman–Crippen MR) is 136 cm³/mol. The van der Waals surface area contributed by atoms with Crippen LogP contribution in [0.25, 0.3) is 10.8 Å². The zero-order valence-electron chi connectivity index (χ0n) is 22.1. The van der Waals surface area contributed by atoms with Crippen molar-refractivity contribution in [1.29, 1.82) is 0 Å². The van der Waals surface area contributed by atoms with Crippen LogP contribution in [0.2, 0.25) is 0 Å². The average Bonchev–Trinajstić information content (AvgIpc) is 2.86. The third-order valence-electron chi connectivity index (χ3n) is 4.97. The van der Waals surface area contributed by atoms with E-state index in [-0.39, 0.29) is 122 Å². The molecule has 3 rings (SSSR count). The topological polar surface area (TPSA) is 220 Å². The number of sulfone groups is 1. The molecule has 5 N–H and O–H groups in total. The van der Waals surface area contributed by atoms with Crippen molar-refractivity contribution in [2.24, 2.45) is 0 Å². The molecule has 212 valence electrons. The molecule has 15 nitrogen and oxygen atoms in total. The molecule has 0 spiro atoms. The van der Waals surface area contributed by atoms with Crippen LogP contribution in [0.5, 0.6) is 11.5 Å². The standard InChI is InChI=1S/C21H23N3O12S3.2Na/c1-11-7-13-9-18(37-35-33-28)20(21(27)19(13)16(8-11)22-12(2)25)24-23-15-10-14(3-4-17(15)26)39(30,31)6-5-32-38-36-34-29;;/h3-4,7-10,23-24,26-29H,5-6H2,1-2H3,(H,22,25);;/q;2*+1/p-2. The van der Waals surface area contributed by atoms with E-state index in [1.807, 2.05) is 0 Å². The number of carbonyl (C=O) groups is 1. The Morgan fingerprint density at radius 1 is 1.00 bits per heavy atom. The molecule has 3 aromatic rings. The van der Waals surface area contributed by atoms with Crippen LogP contribution < -0.4 is 85.8 Å². The summed E-state index contributed by atoms with van der Waals surface area (Å²) >= 11 is 0.631. The number of fused-ring (bicyclic) bond motifs is 1. The van der Waals surface area contributed by atoms with E-state index >= 15 is 0 Å². The van der Waals surface area contributed by atoms with E-state index in [0.717, 1.165) is 23.8 Å². The Hall–Kier alpha value is -1.04. The van der Waals surface area contributed by atoms with Gasteiger partial charge in [-0.1, -0.05) is 6.07 Å². The number of aryl methyl sites for hydroxylation is 1. The van der Waals surface area contributed by atoms with Crippen LogP contribution in [-0.4, -0.2) is 36.9 Å². The van der Waals surface area contributed by atoms with E-state index in [2.05, 4.69) is 34.9 Å². The monoisotopic (exact) mass is 649 g/mol. The number of hydrogen-bond acceptors (Lipinski definition) is 16. The van der Waals surface area contributed by atoms with Gasteiger partial charge in [0.25, 0.3) is 0 Å². The van der Waals surface area contributed by atoms with Crippen LogP contribution in [0.4, 0.5) is 17.1 Å². The number of phenols is 2. The number of anilines is 3. The van der Waals surface area contributed by atoms with Crippen molar-refractivity contribution in [2.45, 2.75) is 23.6 Å². The molecule has 0 saturated heterocycles. The largest absolute Gasteiger partial charge is 1.00 e. The van der Waals surface area contributed by atoms with Crippen LogP contribution in [0, 0.1) is 6.92 Å². The second kappa shape index (κ2) is 17.9. The summed E-state index contributed by atoms with van der Waals surface area (Å²) in [6.07, 6.45) is 0. The smallest absolute Gasteiger partial charge is 0.691 e. The fourth-order valence-corrected chi connectivity index (χ4v) is 5.38. The van der Waals surface area contributed by atoms with Crippen LogP contribution >= 0.6 is 24.4 Å². The number of hydrogen-bond donors (Lipinski definition) is 5. The molecule has 0 aliphatic heterocycles. The fourth-order valence-electron chi connectivity index (χ4n) is 3.44. The Labute approximate surface area is 287 Å². The van der Waals surface area contributed by atoms with Crippen LogP contribution in [-0.2, 0) is 37.6 Å². The summed E-state index contributed by atoms with van der Waals surface area (Å²) in [4.78, 5) is 11.7. The van der Waals surface area contributed by atoms with E-state index < -0.39 is 15.6 Å². The molecule has 0 heterocycles. The summed E-state index contributed by atoms with van der Waals surface area (Å²) in [5.41, 5.74) is 6.19. The number of nitrogens with one attached hydrogen (secondary N) is 3. The van der Waals surface area contributed by atoms with Gasteiger partial charge in [0.15, 0.2) is 27.9 Å². The summed E-state index contributed by atoms with van der Waals surface area (Å²) in [6, 6.07) is 8.33. The Morgan fingerprint density at radius 3 is 2.37 bits per heavy atom. The predicted octanol–water partition coefficient (Wildman–Crippen LogP) is -4.23. The molecule has 1 amide bonds. The van der Waals surface area contributed by atoms with Crippen LogP contribution in [0.15, 0.2) is 46.2 Å². The minimum atomic E-state index is -3.90. The van der Waals surface area contributed by atoms with E-state index in [0.29, 0.717) is 23.1 Å². The molecule has 0 aliphatic carbocycles. The summed E-state index contributed by atoms with van der Waals surface area (Å²) in [5.74, 6) is -1.60. The number of hydrazine groups is 1. The van der Waals surface area contributed by atoms with Crippen molar-refractivity contribution >= 4 is 67.9 Å². The van der Waals surface area contributed by atoms with Crippen molar-refractivity contribution in [2.75, 3.05) is 28.5 Å². The molecular weight excluding hydrogens is 628 g/mol. The number of rotatable bonds is 14. The first-order chi connectivity index (χ1) is 18.6. The molecule has 0 saturated carbocycles. The maximum atomic E-state index is 12.6. The van der Waals surface area contributed by atoms with Gasteiger partial charge in [0, 0.05) is 12.3 Å². The summed E-state index contributed by atoms with van der Waals surface area (Å²) in [5, 5.41) is 51.5. The van der Waals surface area contributed by atoms with Gasteiger partial charge >= 0.3 is 59.1 Å². The summed E-state index contributed by atoms with van der Waals surface area (Å²) in [7, 11) is -3.90. The molecule has 0 aliphatic rings. The molecule has 0 unspecified atom stereocenters. The number of aromatic hydroxyl groups is 2. The summed E-state index contributed by atoms with van der Waals surface area (Å²) < 4.78 is 38.3. The maximum Gasteiger partial charge on any atom is 1.00 e. The van der Waals surface area contributed by atoms with Gasteiger partial charge in [0.05, 0.1) is 45.6 Å². The maximum absolute atomic E-state index is 12.6. The molecule has 20 heteroatoms. The zero-order chi connectivity index (χ0) is 28.6. The second-order valence-electron chi connectivity index (χ2n) is 7.68. The first-order valence-corrected chi connectivity index (χ1v) is 13.7. The number of amides is 1. The average molecular weight is 650 g/mol. The van der Waals surface area contributed by atoms with Gasteiger partial charge in [-0.3, -0.25) is 29.9 Å². The van der Waals surface area contributed by atoms with Gasteiger partial charge < -0.3 is 26.0 Å². The minimum Gasteiger partial charge on any atom is -0.691 e. The fraction of sp³-hybridized carbons (Fsp3) is 0.190. The van der Waals surface area contributed by atoms with Gasteiger partial charge in [-0.2, -0.15) is 4.33 Å². The molecule has 0 fully saturated rings. The van der Waals surface area contributed by atoms with Crippen LogP contribution in [0.1, 0.15) is 12.5 Å². The van der Waals surface area contributed by atoms with E-state index in [9.17, 15) is 33.9 Å². The van der Waals surface area contributed by atoms with Gasteiger partial charge in [-0.05, 0) is 48.2 Å². The number of carbonyl (C=O) groups excluding carboxylic acids is 1. The first-order valence-electron chi connectivity index (χ1n) is 10.6. The Morgan fingerprint density at radius 2 is 1.71 bits per heavy atom. The minimum absolute atomic E-state index is 0. The van der Waals surface area contributed by atoms with E-state index in [4.69, 9.17) is 4.18 Å². The Kier molecular flexibility index (Phi) is 16.6. The molecule has 0 radical (unpaired) electrons. The number of benzene rings is 3. The number of phenolic OH excluding ortho intramolecular Hbond substituents is 2. The van der Waals surface area contributed by atoms with Crippen LogP contribution in [0.3, 0.4) is 0 Å². The quantitative estimate of drug-likeness (QED) is 0.0279. The molecular formula is C21H21N3Na2O12S3. The van der Waals surface area contributed by atoms with Gasteiger partial charge in [0.1, 0.15) is 11.4 Å². The SMILES string of the molecule is CC(=O)Nc1cc(C)cc2cc(SOO[O-])c(NNc3cc(S(=O)(=O)CCOSOO[O-])ccc3O)c(O)c12.[Na+].[Na+]. The van der Waals surface area contributed by atoms with Gasteiger partial charge in [-0.15, -0.1) is 4.33 Å².